The highest BCUT2D eigenvalue weighted by molar-refractivity contribution is 5.93. The van der Waals surface area contributed by atoms with Crippen molar-refractivity contribution in [2.24, 2.45) is 0 Å². The number of alkyl halides is 3. The maximum Gasteiger partial charge on any atom is 0.433 e. The summed E-state index contributed by atoms with van der Waals surface area (Å²) in [5, 5.41) is 11.5. The molecule has 0 unspecified atom stereocenters. The molecule has 3 N–H and O–H groups in total. The summed E-state index contributed by atoms with van der Waals surface area (Å²) in [7, 11) is 0. The zero-order valence-electron chi connectivity index (χ0n) is 13.6. The van der Waals surface area contributed by atoms with E-state index in [-0.39, 0.29) is 36.0 Å². The van der Waals surface area contributed by atoms with Gasteiger partial charge in [-0.15, -0.1) is 0 Å². The van der Waals surface area contributed by atoms with Crippen molar-refractivity contribution in [2.45, 2.75) is 19.6 Å². The second kappa shape index (κ2) is 7.69. The van der Waals surface area contributed by atoms with Crippen molar-refractivity contribution in [1.29, 1.82) is 5.26 Å². The number of hydrogen-bond acceptors (Lipinski definition) is 6. The molecule has 0 fully saturated rings. The van der Waals surface area contributed by atoms with E-state index in [1.54, 1.807) is 6.92 Å². The number of anilines is 1. The lowest BCUT2D eigenvalue weighted by Gasteiger charge is -2.10. The molecular formula is C16H14F3N5O2. The summed E-state index contributed by atoms with van der Waals surface area (Å²) >= 11 is 0. The number of carbonyl (C=O) groups is 1. The first-order valence-corrected chi connectivity index (χ1v) is 7.40. The minimum absolute atomic E-state index is 0.0235. The predicted octanol–water partition coefficient (Wildman–Crippen LogP) is 2.28. The van der Waals surface area contributed by atoms with Gasteiger partial charge in [-0.3, -0.25) is 9.78 Å². The molecule has 26 heavy (non-hydrogen) atoms. The van der Waals surface area contributed by atoms with Gasteiger partial charge < -0.3 is 15.8 Å². The van der Waals surface area contributed by atoms with Gasteiger partial charge in [0.05, 0.1) is 12.3 Å². The molecule has 2 aromatic rings. The van der Waals surface area contributed by atoms with Crippen molar-refractivity contribution in [1.82, 2.24) is 15.3 Å². The number of nitrogens with one attached hydrogen (secondary N) is 1. The van der Waals surface area contributed by atoms with E-state index in [1.807, 2.05) is 6.07 Å². The third-order valence-corrected chi connectivity index (χ3v) is 3.21. The summed E-state index contributed by atoms with van der Waals surface area (Å²) in [6, 6.07) is 5.11. The molecule has 0 aromatic carbocycles. The molecular weight excluding hydrogens is 351 g/mol. The third-order valence-electron chi connectivity index (χ3n) is 3.21. The van der Waals surface area contributed by atoms with Crippen LogP contribution in [0.3, 0.4) is 0 Å². The minimum atomic E-state index is -4.53. The number of nitrogens with zero attached hydrogens (tertiary/aromatic N) is 3. The fourth-order valence-electron chi connectivity index (χ4n) is 1.98. The van der Waals surface area contributed by atoms with Gasteiger partial charge in [0.2, 0.25) is 5.88 Å². The number of rotatable bonds is 5. The molecule has 0 bridgehead atoms. The smallest absolute Gasteiger partial charge is 0.433 e. The van der Waals surface area contributed by atoms with Gasteiger partial charge in [0, 0.05) is 12.7 Å². The molecule has 0 radical (unpaired) electrons. The first kappa shape index (κ1) is 19.0. The predicted molar refractivity (Wildman–Crippen MR) is 84.9 cm³/mol. The number of amides is 1. The zero-order valence-corrected chi connectivity index (χ0v) is 13.6. The number of pyridine rings is 2. The Kier molecular flexibility index (Phi) is 5.61. The quantitative estimate of drug-likeness (QED) is 0.840. The number of ether oxygens (including phenoxy) is 1. The highest BCUT2D eigenvalue weighted by Crippen LogP contribution is 2.27. The number of halogens is 3. The van der Waals surface area contributed by atoms with Gasteiger partial charge in [0.1, 0.15) is 23.0 Å². The van der Waals surface area contributed by atoms with Gasteiger partial charge in [0.15, 0.2) is 0 Å². The first-order valence-electron chi connectivity index (χ1n) is 7.40. The maximum absolute atomic E-state index is 12.5. The van der Waals surface area contributed by atoms with Crippen LogP contribution in [0.25, 0.3) is 0 Å². The van der Waals surface area contributed by atoms with Crippen LogP contribution in [0.2, 0.25) is 0 Å². The van der Waals surface area contributed by atoms with Crippen LogP contribution in [0.5, 0.6) is 5.88 Å². The lowest BCUT2D eigenvalue weighted by Crippen LogP contribution is -2.24. The molecule has 2 heterocycles. The fourth-order valence-corrected chi connectivity index (χ4v) is 1.98. The van der Waals surface area contributed by atoms with E-state index in [9.17, 15) is 18.0 Å². The Morgan fingerprint density at radius 2 is 2.15 bits per heavy atom. The Morgan fingerprint density at radius 1 is 1.42 bits per heavy atom. The number of nitrogen functional groups attached to an aromatic ring is 1. The summed E-state index contributed by atoms with van der Waals surface area (Å²) in [4.78, 5) is 19.4. The van der Waals surface area contributed by atoms with E-state index in [0.717, 1.165) is 12.3 Å². The standard InChI is InChI=1S/C16H14F3N5O2/c1-2-26-15-10(6-20)11(21)5-12(24-15)14(25)23-8-9-3-4-13(22-7-9)16(17,18)19/h3-5,7H,2,8H2,1H3,(H2,21,24)(H,23,25). The highest BCUT2D eigenvalue weighted by atomic mass is 19.4. The minimum Gasteiger partial charge on any atom is -0.477 e. The van der Waals surface area contributed by atoms with E-state index in [4.69, 9.17) is 15.7 Å². The van der Waals surface area contributed by atoms with E-state index in [1.165, 1.54) is 12.1 Å². The number of carbonyl (C=O) groups excluding carboxylic acids is 1. The highest BCUT2D eigenvalue weighted by Gasteiger charge is 2.32. The average molecular weight is 365 g/mol. The van der Waals surface area contributed by atoms with E-state index in [2.05, 4.69) is 15.3 Å². The third kappa shape index (κ3) is 4.38. The average Bonchev–Trinajstić information content (AvgIpc) is 2.59. The second-order valence-electron chi connectivity index (χ2n) is 5.05. The Labute approximate surface area is 146 Å². The van der Waals surface area contributed by atoms with Gasteiger partial charge in [-0.2, -0.15) is 18.4 Å². The van der Waals surface area contributed by atoms with Crippen LogP contribution in [-0.4, -0.2) is 22.5 Å². The molecule has 1 amide bonds. The lowest BCUT2D eigenvalue weighted by atomic mass is 10.2. The Bertz CT molecular complexity index is 845. The van der Waals surface area contributed by atoms with Crippen LogP contribution in [0.15, 0.2) is 24.4 Å². The molecule has 0 aliphatic carbocycles. The molecule has 0 aliphatic rings. The molecule has 0 aliphatic heterocycles. The molecule has 136 valence electrons. The normalized spacial score (nSPS) is 10.9. The van der Waals surface area contributed by atoms with E-state index in [0.29, 0.717) is 5.56 Å². The van der Waals surface area contributed by atoms with Gasteiger partial charge in [-0.1, -0.05) is 6.07 Å². The van der Waals surface area contributed by atoms with Crippen molar-refractivity contribution >= 4 is 11.6 Å². The summed E-state index contributed by atoms with van der Waals surface area (Å²) < 4.78 is 42.6. The van der Waals surface area contributed by atoms with E-state index < -0.39 is 17.8 Å². The van der Waals surface area contributed by atoms with Gasteiger partial charge in [-0.05, 0) is 24.6 Å². The Morgan fingerprint density at radius 3 is 2.69 bits per heavy atom. The fraction of sp³-hybridized carbons (Fsp3) is 0.250. The topological polar surface area (TPSA) is 114 Å². The monoisotopic (exact) mass is 365 g/mol. The van der Waals surface area contributed by atoms with Crippen molar-refractivity contribution in [2.75, 3.05) is 12.3 Å². The summed E-state index contributed by atoms with van der Waals surface area (Å²) in [6.45, 7) is 1.85. The molecule has 10 heteroatoms. The largest absolute Gasteiger partial charge is 0.477 e. The number of nitriles is 1. The zero-order chi connectivity index (χ0) is 19.3. The first-order chi connectivity index (χ1) is 12.3. The molecule has 0 saturated carbocycles. The van der Waals surface area contributed by atoms with Crippen LogP contribution >= 0.6 is 0 Å². The van der Waals surface area contributed by atoms with Crippen molar-refractivity contribution in [3.63, 3.8) is 0 Å². The summed E-state index contributed by atoms with van der Waals surface area (Å²) in [5.41, 5.74) is 5.06. The number of hydrogen-bond donors (Lipinski definition) is 2. The second-order valence-corrected chi connectivity index (χ2v) is 5.05. The lowest BCUT2D eigenvalue weighted by molar-refractivity contribution is -0.141. The van der Waals surface area contributed by atoms with Crippen LogP contribution in [0, 0.1) is 11.3 Å². The van der Waals surface area contributed by atoms with Crippen molar-refractivity contribution < 1.29 is 22.7 Å². The number of aromatic nitrogens is 2. The SMILES string of the molecule is CCOc1nc(C(=O)NCc2ccc(C(F)(F)F)nc2)cc(N)c1C#N. The van der Waals surface area contributed by atoms with Crippen LogP contribution < -0.4 is 15.8 Å². The maximum atomic E-state index is 12.5. The number of nitrogens with two attached hydrogens (primary N) is 1. The molecule has 7 nitrogen and oxygen atoms in total. The van der Waals surface area contributed by atoms with Crippen LogP contribution in [0.1, 0.15) is 34.2 Å². The van der Waals surface area contributed by atoms with Crippen molar-refractivity contribution in [3.05, 3.63) is 46.9 Å². The van der Waals surface area contributed by atoms with Gasteiger partial charge in [-0.25, -0.2) is 4.98 Å². The molecule has 0 saturated heterocycles. The molecule has 0 spiro atoms. The summed E-state index contributed by atoms with van der Waals surface area (Å²) in [5.74, 6) is -0.682. The van der Waals surface area contributed by atoms with Gasteiger partial charge >= 0.3 is 6.18 Å². The van der Waals surface area contributed by atoms with E-state index >= 15 is 0 Å². The van der Waals surface area contributed by atoms with Crippen LogP contribution in [0.4, 0.5) is 18.9 Å². The summed E-state index contributed by atoms with van der Waals surface area (Å²) in [6.07, 6.45) is -3.50. The molecule has 2 rings (SSSR count). The Hall–Kier alpha value is -3.35. The van der Waals surface area contributed by atoms with Crippen molar-refractivity contribution in [3.8, 4) is 11.9 Å². The Balaban J connectivity index is 2.12. The van der Waals surface area contributed by atoms with Crippen LogP contribution in [-0.2, 0) is 12.7 Å². The van der Waals surface area contributed by atoms with Gasteiger partial charge in [0.25, 0.3) is 5.91 Å². The molecule has 2 aromatic heterocycles. The molecule has 0 atom stereocenters.